The van der Waals surface area contributed by atoms with Gasteiger partial charge in [0.2, 0.25) is 18.1 Å². The van der Waals surface area contributed by atoms with Crippen molar-refractivity contribution in [2.45, 2.75) is 37.6 Å². The van der Waals surface area contributed by atoms with Gasteiger partial charge in [-0.25, -0.2) is 4.18 Å². The van der Waals surface area contributed by atoms with Gasteiger partial charge in [-0.05, 0) is 30.3 Å². The summed E-state index contributed by atoms with van der Waals surface area (Å²) in [6.45, 7) is 3.71. The Hall–Kier alpha value is -2.55. The molecule has 1 heterocycles. The number of nitrogens with one attached hydrogen (secondary N) is 2. The number of carbonyl (C=O) groups is 2. The lowest BCUT2D eigenvalue weighted by atomic mass is 9.97. The molecule has 1 saturated heterocycles. The smallest absolute Gasteiger partial charge is 0.397 e. The summed E-state index contributed by atoms with van der Waals surface area (Å²) in [5.41, 5.74) is 0.449. The first kappa shape index (κ1) is 23.7. The highest BCUT2D eigenvalue weighted by Gasteiger charge is 2.46. The molecule has 0 aromatic heterocycles. The fourth-order valence-corrected chi connectivity index (χ4v) is 2.96. The second kappa shape index (κ2) is 9.97. The van der Waals surface area contributed by atoms with Crippen LogP contribution in [0, 0.1) is 0 Å². The van der Waals surface area contributed by atoms with Gasteiger partial charge in [0.25, 0.3) is 0 Å². The van der Waals surface area contributed by atoms with E-state index in [0.29, 0.717) is 5.69 Å². The number of hydrogen-bond donors (Lipinski definition) is 5. The normalized spacial score (nSPS) is 26.5. The van der Waals surface area contributed by atoms with Gasteiger partial charge in [0.05, 0.1) is 6.61 Å². The number of hydrogen-bond acceptors (Lipinski definition) is 9. The fourth-order valence-electron chi connectivity index (χ4n) is 2.66. The molecule has 5 N–H and O–H groups in total. The second-order valence-corrected chi connectivity index (χ2v) is 7.39. The first-order valence-electron chi connectivity index (χ1n) is 8.61. The van der Waals surface area contributed by atoms with E-state index in [4.69, 9.17) is 14.0 Å². The molecule has 1 aliphatic heterocycles. The second-order valence-electron chi connectivity index (χ2n) is 6.30. The maximum Gasteiger partial charge on any atom is 0.397 e. The van der Waals surface area contributed by atoms with Crippen LogP contribution in [0.4, 0.5) is 5.69 Å². The number of anilines is 1. The van der Waals surface area contributed by atoms with E-state index in [2.05, 4.69) is 21.4 Å². The molecule has 13 heteroatoms. The average Bonchev–Trinajstić information content (AvgIpc) is 2.67. The van der Waals surface area contributed by atoms with Gasteiger partial charge in [0.15, 0.2) is 0 Å². The maximum absolute atomic E-state index is 11.5. The lowest BCUT2D eigenvalue weighted by molar-refractivity contribution is -0.242. The van der Waals surface area contributed by atoms with E-state index >= 15 is 0 Å². The third-order valence-corrected chi connectivity index (χ3v) is 4.45. The molecule has 1 aromatic carbocycles. The van der Waals surface area contributed by atoms with Gasteiger partial charge < -0.3 is 30.3 Å². The van der Waals surface area contributed by atoms with Crippen molar-refractivity contribution in [2.24, 2.45) is 0 Å². The Labute approximate surface area is 172 Å². The molecule has 1 aromatic rings. The molecule has 0 aliphatic carbocycles. The van der Waals surface area contributed by atoms with Crippen LogP contribution < -0.4 is 15.4 Å². The number of carbonyl (C=O) groups excluding carboxylic acids is 2. The van der Waals surface area contributed by atoms with Crippen LogP contribution in [0.3, 0.4) is 0 Å². The van der Waals surface area contributed by atoms with Crippen molar-refractivity contribution in [3.8, 4) is 5.75 Å². The molecule has 0 unspecified atom stereocenters. The summed E-state index contributed by atoms with van der Waals surface area (Å²) in [4.78, 5) is 22.8. The van der Waals surface area contributed by atoms with Crippen LogP contribution >= 0.6 is 0 Å². The van der Waals surface area contributed by atoms with E-state index in [0.717, 1.165) is 6.08 Å². The molecule has 0 bridgehead atoms. The van der Waals surface area contributed by atoms with E-state index in [-0.39, 0.29) is 5.75 Å². The summed E-state index contributed by atoms with van der Waals surface area (Å²) >= 11 is 0. The van der Waals surface area contributed by atoms with Crippen LogP contribution in [-0.2, 0) is 28.9 Å². The standard InChI is InChI=1S/C17H22N2O10S/c1-3-13(21)19-10-4-6-11(7-5-10)28-17-14(18-9(2)20)16(23)15(22)12(29-17)8-27-30(24,25)26/h3-7,12,14-17,22-23H,1,8H2,2H3,(H,18,20)(H,19,21)(H,24,25,26)/t12-,14-,15-,16-,17-/m1/s1. The van der Waals surface area contributed by atoms with Crippen molar-refractivity contribution in [1.82, 2.24) is 5.32 Å². The van der Waals surface area contributed by atoms with E-state index in [1.807, 2.05) is 0 Å². The topological polar surface area (TPSA) is 181 Å². The van der Waals surface area contributed by atoms with Crippen molar-refractivity contribution in [3.63, 3.8) is 0 Å². The predicted octanol–water partition coefficient (Wildman–Crippen LogP) is -1.04. The summed E-state index contributed by atoms with van der Waals surface area (Å²) in [7, 11) is -4.82. The van der Waals surface area contributed by atoms with E-state index in [1.165, 1.54) is 31.2 Å². The third-order valence-electron chi connectivity index (χ3n) is 4.01. The third kappa shape index (κ3) is 6.76. The minimum absolute atomic E-state index is 0.213. The molecule has 0 saturated carbocycles. The van der Waals surface area contributed by atoms with Gasteiger partial charge in [-0.3, -0.25) is 14.1 Å². The van der Waals surface area contributed by atoms with Gasteiger partial charge >= 0.3 is 10.4 Å². The molecule has 1 fully saturated rings. The minimum atomic E-state index is -4.82. The summed E-state index contributed by atoms with van der Waals surface area (Å²) < 4.78 is 45.6. The first-order valence-corrected chi connectivity index (χ1v) is 9.97. The zero-order chi connectivity index (χ0) is 22.5. The van der Waals surface area contributed by atoms with Gasteiger partial charge in [0, 0.05) is 12.6 Å². The van der Waals surface area contributed by atoms with Gasteiger partial charge in [-0.15, -0.1) is 0 Å². The molecular weight excluding hydrogens is 424 g/mol. The molecule has 166 valence electrons. The minimum Gasteiger partial charge on any atom is -0.463 e. The van der Waals surface area contributed by atoms with Crippen molar-refractivity contribution in [1.29, 1.82) is 0 Å². The largest absolute Gasteiger partial charge is 0.463 e. The summed E-state index contributed by atoms with van der Waals surface area (Å²) in [6.07, 6.45) is -4.91. The van der Waals surface area contributed by atoms with E-state index < -0.39 is 59.5 Å². The fraction of sp³-hybridized carbons (Fsp3) is 0.412. The molecular formula is C17H22N2O10S. The van der Waals surface area contributed by atoms with Crippen molar-refractivity contribution >= 4 is 27.9 Å². The zero-order valence-corrected chi connectivity index (χ0v) is 16.6. The van der Waals surface area contributed by atoms with Crippen LogP contribution in [0.15, 0.2) is 36.9 Å². The number of benzene rings is 1. The Morgan fingerprint density at radius 1 is 1.23 bits per heavy atom. The molecule has 2 rings (SSSR count). The Bertz CT molecular complexity index is 873. The first-order chi connectivity index (χ1) is 14.0. The van der Waals surface area contributed by atoms with Gasteiger partial charge in [0.1, 0.15) is 30.1 Å². The summed E-state index contributed by atoms with van der Waals surface area (Å²) in [6, 6.07) is 4.75. The highest BCUT2D eigenvalue weighted by Crippen LogP contribution is 2.26. The van der Waals surface area contributed by atoms with Crippen LogP contribution in [0.2, 0.25) is 0 Å². The molecule has 12 nitrogen and oxygen atoms in total. The Morgan fingerprint density at radius 2 is 1.87 bits per heavy atom. The zero-order valence-electron chi connectivity index (χ0n) is 15.8. The Morgan fingerprint density at radius 3 is 2.40 bits per heavy atom. The monoisotopic (exact) mass is 446 g/mol. The highest BCUT2D eigenvalue weighted by atomic mass is 32.3. The van der Waals surface area contributed by atoms with Crippen molar-refractivity contribution in [2.75, 3.05) is 11.9 Å². The van der Waals surface area contributed by atoms with Crippen molar-refractivity contribution < 1.29 is 46.4 Å². The Balaban J connectivity index is 2.17. The van der Waals surface area contributed by atoms with E-state index in [1.54, 1.807) is 0 Å². The number of aliphatic hydroxyl groups excluding tert-OH is 2. The number of amides is 2. The molecule has 30 heavy (non-hydrogen) atoms. The van der Waals surface area contributed by atoms with Gasteiger partial charge in [-0.1, -0.05) is 6.58 Å². The number of ether oxygens (including phenoxy) is 2. The summed E-state index contributed by atoms with van der Waals surface area (Å²) in [5.74, 6) is -0.743. The number of aliphatic hydroxyl groups is 2. The highest BCUT2D eigenvalue weighted by molar-refractivity contribution is 7.80. The van der Waals surface area contributed by atoms with Crippen LogP contribution in [0.1, 0.15) is 6.92 Å². The molecule has 0 radical (unpaired) electrons. The van der Waals surface area contributed by atoms with Crippen LogP contribution in [0.25, 0.3) is 0 Å². The molecule has 2 amide bonds. The SMILES string of the molecule is C=CC(=O)Nc1ccc(O[C@@H]2O[C@H](COS(=O)(=O)O)[C@@H](O)[C@H](O)[C@H]2NC(C)=O)cc1. The van der Waals surface area contributed by atoms with Crippen LogP contribution in [-0.4, -0.2) is 72.2 Å². The summed E-state index contributed by atoms with van der Waals surface area (Å²) in [5, 5.41) is 25.4. The predicted molar refractivity (Wildman–Crippen MR) is 102 cm³/mol. The van der Waals surface area contributed by atoms with E-state index in [9.17, 15) is 28.2 Å². The average molecular weight is 446 g/mol. The lowest BCUT2D eigenvalue weighted by Crippen LogP contribution is -2.65. The molecule has 1 aliphatic rings. The quantitative estimate of drug-likeness (QED) is 0.244. The molecule has 5 atom stereocenters. The molecule has 0 spiro atoms. The number of rotatable bonds is 8. The van der Waals surface area contributed by atoms with Crippen molar-refractivity contribution in [3.05, 3.63) is 36.9 Å². The Kier molecular flexibility index (Phi) is 7.89. The lowest BCUT2D eigenvalue weighted by Gasteiger charge is -2.42. The van der Waals surface area contributed by atoms with Gasteiger partial charge in [-0.2, -0.15) is 8.42 Å². The van der Waals surface area contributed by atoms with Crippen LogP contribution in [0.5, 0.6) is 5.75 Å². The maximum atomic E-state index is 11.5.